The molecule has 0 radical (unpaired) electrons. The highest BCUT2D eigenvalue weighted by atomic mass is 19.1. The number of carboxylic acid groups (broad SMARTS) is 1. The van der Waals surface area contributed by atoms with Crippen molar-refractivity contribution in [3.8, 4) is 17.0 Å². The van der Waals surface area contributed by atoms with Crippen LogP contribution in [0, 0.1) is 12.9 Å². The minimum atomic E-state index is -1.05. The van der Waals surface area contributed by atoms with Gasteiger partial charge in [-0.05, 0) is 37.3 Å². The van der Waals surface area contributed by atoms with Gasteiger partial charge in [0.05, 0.1) is 17.8 Å². The van der Waals surface area contributed by atoms with Crippen LogP contribution in [-0.2, 0) is 6.54 Å². The zero-order valence-electron chi connectivity index (χ0n) is 15.7. The predicted octanol–water partition coefficient (Wildman–Crippen LogP) is 4.32. The highest BCUT2D eigenvalue weighted by Crippen LogP contribution is 2.29. The molecule has 4 aromatic rings. The first kappa shape index (κ1) is 18.6. The average molecular weight is 391 g/mol. The molecule has 0 spiro atoms. The van der Waals surface area contributed by atoms with E-state index >= 15 is 0 Å². The molecule has 0 fully saturated rings. The molecular formula is C22H18FN3O3. The molecule has 3 heterocycles. The zero-order chi connectivity index (χ0) is 20.4. The smallest absolute Gasteiger partial charge is 0.352 e. The highest BCUT2D eigenvalue weighted by molar-refractivity contribution is 6.00. The Bertz CT molecular complexity index is 1190. The number of carbonyl (C=O) groups is 1. The summed E-state index contributed by atoms with van der Waals surface area (Å²) in [5.41, 5.74) is 2.99. The van der Waals surface area contributed by atoms with Gasteiger partial charge in [0.2, 0.25) is 5.95 Å². The molecule has 6 nitrogen and oxygen atoms in total. The minimum absolute atomic E-state index is 0.122. The van der Waals surface area contributed by atoms with E-state index in [-0.39, 0.29) is 5.69 Å². The third kappa shape index (κ3) is 3.80. The van der Waals surface area contributed by atoms with Gasteiger partial charge >= 0.3 is 5.97 Å². The van der Waals surface area contributed by atoms with E-state index < -0.39 is 11.9 Å². The summed E-state index contributed by atoms with van der Waals surface area (Å²) in [5.74, 6) is -0.951. The molecule has 0 unspecified atom stereocenters. The summed E-state index contributed by atoms with van der Waals surface area (Å²) in [5, 5.41) is 10.3. The summed E-state index contributed by atoms with van der Waals surface area (Å²) in [4.78, 5) is 19.7. The fraction of sp³-hybridized carbons (Fsp3) is 0.136. The van der Waals surface area contributed by atoms with E-state index in [4.69, 9.17) is 4.74 Å². The normalized spacial score (nSPS) is 11.0. The number of carboxylic acids is 1. The molecule has 0 aliphatic heterocycles. The number of aromatic carboxylic acids is 1. The predicted molar refractivity (Wildman–Crippen MR) is 107 cm³/mol. The maximum absolute atomic E-state index is 13.6. The molecule has 1 aromatic carbocycles. The third-order valence-electron chi connectivity index (χ3n) is 4.65. The molecule has 4 rings (SSSR count). The molecule has 0 bridgehead atoms. The summed E-state index contributed by atoms with van der Waals surface area (Å²) >= 11 is 0. The van der Waals surface area contributed by atoms with Crippen molar-refractivity contribution in [3.63, 3.8) is 0 Å². The Balaban J connectivity index is 1.69. The molecule has 1 N–H and O–H groups in total. The number of benzene rings is 1. The number of pyridine rings is 2. The fourth-order valence-corrected chi connectivity index (χ4v) is 3.27. The SMILES string of the molecule is Cc1ccc(OCCn2c(C(=O)O)cc3c(-c4ccnc(F)c4)nccc32)cc1. The van der Waals surface area contributed by atoms with Crippen LogP contribution in [0.2, 0.25) is 0 Å². The van der Waals surface area contributed by atoms with Crippen LogP contribution in [0.25, 0.3) is 22.2 Å². The number of halogens is 1. The Morgan fingerprint density at radius 1 is 1.10 bits per heavy atom. The van der Waals surface area contributed by atoms with E-state index in [9.17, 15) is 14.3 Å². The number of aromatic nitrogens is 3. The number of ether oxygens (including phenoxy) is 1. The van der Waals surface area contributed by atoms with Crippen molar-refractivity contribution in [1.82, 2.24) is 14.5 Å². The molecule has 146 valence electrons. The Kier molecular flexibility index (Phi) is 4.95. The minimum Gasteiger partial charge on any atom is -0.492 e. The summed E-state index contributed by atoms with van der Waals surface area (Å²) in [6.07, 6.45) is 2.94. The van der Waals surface area contributed by atoms with Crippen molar-refractivity contribution in [2.24, 2.45) is 0 Å². The van der Waals surface area contributed by atoms with E-state index in [1.165, 1.54) is 12.3 Å². The van der Waals surface area contributed by atoms with Gasteiger partial charge in [0.1, 0.15) is 18.1 Å². The van der Waals surface area contributed by atoms with Gasteiger partial charge in [-0.2, -0.15) is 4.39 Å². The van der Waals surface area contributed by atoms with Gasteiger partial charge in [0.15, 0.2) is 0 Å². The van der Waals surface area contributed by atoms with Crippen molar-refractivity contribution in [2.45, 2.75) is 13.5 Å². The quantitative estimate of drug-likeness (QED) is 0.495. The molecule has 3 aromatic heterocycles. The number of aryl methyl sites for hydroxylation is 1. The fourth-order valence-electron chi connectivity index (χ4n) is 3.27. The second-order valence-corrected chi connectivity index (χ2v) is 6.61. The second-order valence-electron chi connectivity index (χ2n) is 6.61. The number of rotatable bonds is 6. The van der Waals surface area contributed by atoms with Crippen LogP contribution in [0.1, 0.15) is 16.1 Å². The topological polar surface area (TPSA) is 77.2 Å². The van der Waals surface area contributed by atoms with Crippen LogP contribution >= 0.6 is 0 Å². The Morgan fingerprint density at radius 2 is 1.86 bits per heavy atom. The van der Waals surface area contributed by atoms with E-state index in [1.54, 1.807) is 29.0 Å². The standard InChI is InChI=1S/C22H18FN3O3/c1-14-2-4-16(5-3-14)29-11-10-26-18-7-9-25-21(15-6-8-24-20(23)12-15)17(18)13-19(26)22(27)28/h2-9,12-13H,10-11H2,1H3,(H,27,28). The molecular weight excluding hydrogens is 373 g/mol. The van der Waals surface area contributed by atoms with E-state index in [0.29, 0.717) is 35.3 Å². The van der Waals surface area contributed by atoms with Crippen LogP contribution in [0.3, 0.4) is 0 Å². The number of nitrogens with zero attached hydrogens (tertiary/aromatic N) is 3. The van der Waals surface area contributed by atoms with Crippen molar-refractivity contribution in [1.29, 1.82) is 0 Å². The first-order valence-corrected chi connectivity index (χ1v) is 9.06. The molecule has 0 aliphatic rings. The lowest BCUT2D eigenvalue weighted by Gasteiger charge is -2.11. The molecule has 0 saturated heterocycles. The number of fused-ring (bicyclic) bond motifs is 1. The maximum Gasteiger partial charge on any atom is 0.352 e. The summed E-state index contributed by atoms with van der Waals surface area (Å²) in [6.45, 7) is 2.64. The Hall–Kier alpha value is -3.74. The molecule has 0 aliphatic carbocycles. The molecule has 0 atom stereocenters. The van der Waals surface area contributed by atoms with Crippen LogP contribution in [0.4, 0.5) is 4.39 Å². The summed E-state index contributed by atoms with van der Waals surface area (Å²) < 4.78 is 21.0. The van der Waals surface area contributed by atoms with Crippen LogP contribution in [0.15, 0.2) is 60.9 Å². The third-order valence-corrected chi connectivity index (χ3v) is 4.65. The molecule has 0 saturated carbocycles. The van der Waals surface area contributed by atoms with Gasteiger partial charge in [0.25, 0.3) is 0 Å². The number of hydrogen-bond donors (Lipinski definition) is 1. The van der Waals surface area contributed by atoms with Crippen LogP contribution in [-0.4, -0.2) is 32.2 Å². The first-order valence-electron chi connectivity index (χ1n) is 9.06. The molecule has 0 amide bonds. The van der Waals surface area contributed by atoms with E-state index in [0.717, 1.165) is 11.3 Å². The lowest BCUT2D eigenvalue weighted by molar-refractivity contribution is 0.0684. The molecule has 29 heavy (non-hydrogen) atoms. The lowest BCUT2D eigenvalue weighted by atomic mass is 10.1. The van der Waals surface area contributed by atoms with E-state index in [2.05, 4.69) is 9.97 Å². The molecule has 7 heteroatoms. The average Bonchev–Trinajstić information content (AvgIpc) is 3.08. The van der Waals surface area contributed by atoms with Gasteiger partial charge in [0, 0.05) is 29.4 Å². The van der Waals surface area contributed by atoms with Gasteiger partial charge < -0.3 is 14.4 Å². The highest BCUT2D eigenvalue weighted by Gasteiger charge is 2.18. The van der Waals surface area contributed by atoms with Gasteiger partial charge in [-0.1, -0.05) is 17.7 Å². The zero-order valence-corrected chi connectivity index (χ0v) is 15.7. The van der Waals surface area contributed by atoms with Crippen LogP contribution in [0.5, 0.6) is 5.75 Å². The number of hydrogen-bond acceptors (Lipinski definition) is 4. The second kappa shape index (κ2) is 7.71. The van der Waals surface area contributed by atoms with Crippen molar-refractivity contribution < 1.29 is 19.0 Å². The lowest BCUT2D eigenvalue weighted by Crippen LogP contribution is -2.13. The summed E-state index contributed by atoms with van der Waals surface area (Å²) in [6, 6.07) is 13.9. The van der Waals surface area contributed by atoms with Crippen LogP contribution < -0.4 is 4.74 Å². The van der Waals surface area contributed by atoms with Crippen molar-refractivity contribution in [2.75, 3.05) is 6.61 Å². The van der Waals surface area contributed by atoms with Gasteiger partial charge in [-0.25, -0.2) is 9.78 Å². The monoisotopic (exact) mass is 391 g/mol. The van der Waals surface area contributed by atoms with E-state index in [1.807, 2.05) is 31.2 Å². The Morgan fingerprint density at radius 3 is 2.59 bits per heavy atom. The van der Waals surface area contributed by atoms with Crippen molar-refractivity contribution >= 4 is 16.9 Å². The van der Waals surface area contributed by atoms with Crippen molar-refractivity contribution in [3.05, 3.63) is 78.1 Å². The Labute approximate surface area is 166 Å². The van der Waals surface area contributed by atoms with Gasteiger partial charge in [-0.15, -0.1) is 0 Å². The largest absolute Gasteiger partial charge is 0.492 e. The van der Waals surface area contributed by atoms with Gasteiger partial charge in [-0.3, -0.25) is 4.98 Å². The summed E-state index contributed by atoms with van der Waals surface area (Å²) in [7, 11) is 0. The maximum atomic E-state index is 13.6. The first-order chi connectivity index (χ1) is 14.0.